The van der Waals surface area contributed by atoms with E-state index in [0.717, 1.165) is 10.2 Å². The number of hydrogen-bond acceptors (Lipinski definition) is 4. The van der Waals surface area contributed by atoms with Crippen LogP contribution >= 0.6 is 27.5 Å². The molecule has 0 unspecified atom stereocenters. The Labute approximate surface area is 170 Å². The third-order valence-corrected chi connectivity index (χ3v) is 4.35. The van der Waals surface area contributed by atoms with Crippen molar-refractivity contribution < 1.29 is 19.0 Å². The molecule has 0 atom stereocenters. The molecule has 0 bridgehead atoms. The van der Waals surface area contributed by atoms with Crippen LogP contribution in [0.15, 0.2) is 77.3 Å². The molecule has 0 N–H and O–H groups in total. The average molecular weight is 448 g/mol. The van der Waals surface area contributed by atoms with Gasteiger partial charge in [-0.05, 0) is 42.5 Å². The summed E-state index contributed by atoms with van der Waals surface area (Å²) in [6.45, 7) is 0.643. The monoisotopic (exact) mass is 446 g/mol. The maximum absolute atomic E-state index is 12.5. The number of esters is 1. The molecule has 0 aliphatic carbocycles. The lowest BCUT2D eigenvalue weighted by molar-refractivity contribution is 0.0729. The Hall–Kier alpha value is -2.50. The minimum Gasteiger partial charge on any atom is -0.490 e. The van der Waals surface area contributed by atoms with E-state index in [2.05, 4.69) is 15.9 Å². The third-order valence-electron chi connectivity index (χ3n) is 3.56. The number of rotatable bonds is 7. The molecule has 0 heterocycles. The van der Waals surface area contributed by atoms with E-state index >= 15 is 0 Å². The van der Waals surface area contributed by atoms with Crippen LogP contribution in [0, 0.1) is 0 Å². The molecule has 0 amide bonds. The molecule has 0 radical (unpaired) electrons. The third kappa shape index (κ3) is 5.49. The Morgan fingerprint density at radius 1 is 0.852 bits per heavy atom. The lowest BCUT2D eigenvalue weighted by Gasteiger charge is -2.12. The first-order valence-electron chi connectivity index (χ1n) is 8.20. The topological polar surface area (TPSA) is 44.8 Å². The van der Waals surface area contributed by atoms with Crippen molar-refractivity contribution in [2.24, 2.45) is 0 Å². The van der Waals surface area contributed by atoms with Crippen LogP contribution in [-0.4, -0.2) is 19.2 Å². The molecule has 0 aliphatic heterocycles. The normalized spacial score (nSPS) is 10.3. The highest BCUT2D eigenvalue weighted by atomic mass is 79.9. The number of carbonyl (C=O) groups excluding carboxylic acids is 1. The molecule has 0 aliphatic rings. The summed E-state index contributed by atoms with van der Waals surface area (Å²) in [6, 6.07) is 21.4. The first-order valence-corrected chi connectivity index (χ1v) is 9.37. The van der Waals surface area contributed by atoms with E-state index in [1.807, 2.05) is 30.3 Å². The van der Waals surface area contributed by atoms with Gasteiger partial charge >= 0.3 is 5.97 Å². The van der Waals surface area contributed by atoms with Crippen LogP contribution in [0.4, 0.5) is 0 Å². The van der Waals surface area contributed by atoms with Crippen molar-refractivity contribution in [2.45, 2.75) is 0 Å². The zero-order valence-corrected chi connectivity index (χ0v) is 16.6. The smallest absolute Gasteiger partial charge is 0.347 e. The minimum atomic E-state index is -0.543. The Morgan fingerprint density at radius 2 is 1.56 bits per heavy atom. The molecule has 3 aromatic carbocycles. The number of ether oxygens (including phenoxy) is 3. The van der Waals surface area contributed by atoms with E-state index in [4.69, 9.17) is 25.8 Å². The maximum Gasteiger partial charge on any atom is 0.347 e. The Bertz CT molecular complexity index is 915. The van der Waals surface area contributed by atoms with E-state index in [0.29, 0.717) is 22.9 Å². The summed E-state index contributed by atoms with van der Waals surface area (Å²) in [7, 11) is 0. The van der Waals surface area contributed by atoms with Gasteiger partial charge in [0.1, 0.15) is 36.0 Å². The van der Waals surface area contributed by atoms with Crippen molar-refractivity contribution in [1.29, 1.82) is 0 Å². The predicted octanol–water partition coefficient (Wildman–Crippen LogP) is 5.78. The summed E-state index contributed by atoms with van der Waals surface area (Å²) in [5.74, 6) is 0.928. The molecule has 0 saturated carbocycles. The highest BCUT2D eigenvalue weighted by molar-refractivity contribution is 9.10. The van der Waals surface area contributed by atoms with Gasteiger partial charge in [-0.1, -0.05) is 57.9 Å². The van der Waals surface area contributed by atoms with Crippen LogP contribution in [0.3, 0.4) is 0 Å². The van der Waals surface area contributed by atoms with Crippen LogP contribution in [-0.2, 0) is 0 Å². The van der Waals surface area contributed by atoms with Gasteiger partial charge < -0.3 is 14.2 Å². The van der Waals surface area contributed by atoms with Crippen molar-refractivity contribution in [1.82, 2.24) is 0 Å². The van der Waals surface area contributed by atoms with Crippen LogP contribution in [0.1, 0.15) is 10.4 Å². The van der Waals surface area contributed by atoms with E-state index in [1.165, 1.54) is 0 Å². The summed E-state index contributed by atoms with van der Waals surface area (Å²) >= 11 is 9.42. The largest absolute Gasteiger partial charge is 0.490 e. The fourth-order valence-electron chi connectivity index (χ4n) is 2.30. The van der Waals surface area contributed by atoms with Gasteiger partial charge in [-0.2, -0.15) is 0 Å². The Morgan fingerprint density at radius 3 is 2.33 bits per heavy atom. The van der Waals surface area contributed by atoms with Crippen LogP contribution in [0.5, 0.6) is 17.2 Å². The van der Waals surface area contributed by atoms with Crippen molar-refractivity contribution >= 4 is 33.5 Å². The van der Waals surface area contributed by atoms with Gasteiger partial charge in [0.05, 0.1) is 5.02 Å². The maximum atomic E-state index is 12.5. The molecule has 3 rings (SSSR count). The lowest BCUT2D eigenvalue weighted by atomic mass is 10.2. The van der Waals surface area contributed by atoms with Crippen molar-refractivity contribution in [3.8, 4) is 17.2 Å². The first kappa shape index (κ1) is 19.3. The first-order chi connectivity index (χ1) is 13.1. The summed E-state index contributed by atoms with van der Waals surface area (Å²) < 4.78 is 17.5. The van der Waals surface area contributed by atoms with Crippen molar-refractivity contribution in [3.05, 3.63) is 87.9 Å². The van der Waals surface area contributed by atoms with Gasteiger partial charge in [-0.3, -0.25) is 0 Å². The molecular formula is C21H16BrClO4. The SMILES string of the molecule is O=C(Oc1ccc(Br)cc1Cl)c1ccccc1OCCOc1ccccc1. The van der Waals surface area contributed by atoms with Gasteiger partial charge in [0.25, 0.3) is 0 Å². The van der Waals surface area contributed by atoms with Gasteiger partial charge in [-0.25, -0.2) is 4.79 Å². The predicted molar refractivity (Wildman–Crippen MR) is 108 cm³/mol. The summed E-state index contributed by atoms with van der Waals surface area (Å²) in [6.07, 6.45) is 0. The van der Waals surface area contributed by atoms with E-state index < -0.39 is 5.97 Å². The van der Waals surface area contributed by atoms with E-state index in [-0.39, 0.29) is 12.4 Å². The number of hydrogen-bond donors (Lipinski definition) is 0. The average Bonchev–Trinajstić information content (AvgIpc) is 2.68. The fraction of sp³-hybridized carbons (Fsp3) is 0.0952. The second kappa shape index (κ2) is 9.44. The zero-order valence-electron chi connectivity index (χ0n) is 14.2. The number of halogens is 2. The highest BCUT2D eigenvalue weighted by Crippen LogP contribution is 2.29. The molecule has 0 saturated heterocycles. The molecule has 3 aromatic rings. The van der Waals surface area contributed by atoms with E-state index in [1.54, 1.807) is 42.5 Å². The second-order valence-corrected chi connectivity index (χ2v) is 6.79. The molecular weight excluding hydrogens is 432 g/mol. The summed E-state index contributed by atoms with van der Waals surface area (Å²) in [5, 5.41) is 0.340. The van der Waals surface area contributed by atoms with Crippen molar-refractivity contribution in [2.75, 3.05) is 13.2 Å². The zero-order chi connectivity index (χ0) is 19.1. The molecule has 0 aromatic heterocycles. The highest BCUT2D eigenvalue weighted by Gasteiger charge is 2.16. The minimum absolute atomic E-state index is 0.284. The van der Waals surface area contributed by atoms with Gasteiger partial charge in [0, 0.05) is 4.47 Å². The Kier molecular flexibility index (Phi) is 6.74. The molecule has 4 nitrogen and oxygen atoms in total. The second-order valence-electron chi connectivity index (χ2n) is 5.47. The summed E-state index contributed by atoms with van der Waals surface area (Å²) in [5.41, 5.74) is 0.316. The molecule has 0 spiro atoms. The molecule has 27 heavy (non-hydrogen) atoms. The van der Waals surface area contributed by atoms with Gasteiger partial charge in [-0.15, -0.1) is 0 Å². The van der Waals surface area contributed by atoms with Crippen LogP contribution in [0.2, 0.25) is 5.02 Å². The van der Waals surface area contributed by atoms with E-state index in [9.17, 15) is 4.79 Å². The van der Waals surface area contributed by atoms with Crippen LogP contribution in [0.25, 0.3) is 0 Å². The lowest BCUT2D eigenvalue weighted by Crippen LogP contribution is -2.14. The fourth-order valence-corrected chi connectivity index (χ4v) is 3.01. The number of benzene rings is 3. The molecule has 138 valence electrons. The summed E-state index contributed by atoms with van der Waals surface area (Å²) in [4.78, 5) is 12.5. The Balaban J connectivity index is 1.61. The quantitative estimate of drug-likeness (QED) is 0.262. The van der Waals surface area contributed by atoms with Gasteiger partial charge in [0.2, 0.25) is 0 Å². The van der Waals surface area contributed by atoms with Gasteiger partial charge in [0.15, 0.2) is 0 Å². The number of carbonyl (C=O) groups is 1. The standard InChI is InChI=1S/C21H16BrClO4/c22-15-10-11-20(18(23)14-15)27-21(24)17-8-4-5-9-19(17)26-13-12-25-16-6-2-1-3-7-16/h1-11,14H,12-13H2. The molecule has 6 heteroatoms. The number of para-hydroxylation sites is 2. The van der Waals surface area contributed by atoms with Crippen molar-refractivity contribution in [3.63, 3.8) is 0 Å². The molecule has 0 fully saturated rings. The van der Waals surface area contributed by atoms with Crippen LogP contribution < -0.4 is 14.2 Å².